The highest BCUT2D eigenvalue weighted by atomic mass is 32.1. The number of anilines is 2. The molecule has 0 fully saturated rings. The highest BCUT2D eigenvalue weighted by Crippen LogP contribution is 2.34. The molecule has 4 heterocycles. The molecule has 32 heavy (non-hydrogen) atoms. The van der Waals surface area contributed by atoms with Crippen LogP contribution in [0.25, 0.3) is 42.0 Å². The van der Waals surface area contributed by atoms with E-state index in [-0.39, 0.29) is 0 Å². The normalized spacial score (nSPS) is 11.6. The maximum absolute atomic E-state index is 4.87. The monoisotopic (exact) mass is 454 g/mol. The Morgan fingerprint density at radius 3 is 1.53 bits per heavy atom. The molecule has 2 N–H and O–H groups in total. The fourth-order valence-electron chi connectivity index (χ4n) is 4.25. The predicted octanol–water partition coefficient (Wildman–Crippen LogP) is 7.52. The van der Waals surface area contributed by atoms with E-state index >= 15 is 0 Å². The van der Waals surface area contributed by atoms with Gasteiger partial charge in [0.05, 0.1) is 20.4 Å². The van der Waals surface area contributed by atoms with Crippen LogP contribution >= 0.6 is 22.7 Å². The van der Waals surface area contributed by atoms with E-state index < -0.39 is 0 Å². The molecular weight excluding hydrogens is 432 g/mol. The Bertz CT molecular complexity index is 1430. The lowest BCUT2D eigenvalue weighted by Crippen LogP contribution is -2.08. The van der Waals surface area contributed by atoms with Gasteiger partial charge in [-0.15, -0.1) is 22.7 Å². The predicted molar refractivity (Wildman–Crippen MR) is 140 cm³/mol. The van der Waals surface area contributed by atoms with Crippen molar-refractivity contribution in [2.24, 2.45) is 0 Å². The minimum atomic E-state index is 0.902. The molecule has 0 bridgehead atoms. The highest BCUT2D eigenvalue weighted by molar-refractivity contribution is 7.18. The van der Waals surface area contributed by atoms with Crippen molar-refractivity contribution in [3.63, 3.8) is 0 Å². The number of hydrogen-bond acceptors (Lipinski definition) is 6. The van der Waals surface area contributed by atoms with Crippen molar-refractivity contribution < 1.29 is 0 Å². The van der Waals surface area contributed by atoms with Crippen molar-refractivity contribution in [1.82, 2.24) is 9.97 Å². The van der Waals surface area contributed by atoms with Gasteiger partial charge in [-0.3, -0.25) is 0 Å². The third-order valence-electron chi connectivity index (χ3n) is 5.80. The summed E-state index contributed by atoms with van der Waals surface area (Å²) >= 11 is 3.51. The second-order valence-electron chi connectivity index (χ2n) is 7.84. The maximum atomic E-state index is 4.87. The molecule has 158 valence electrons. The number of hydrogen-bond donors (Lipinski definition) is 2. The molecule has 0 aliphatic rings. The van der Waals surface area contributed by atoms with Gasteiger partial charge in [0, 0.05) is 34.6 Å². The maximum Gasteiger partial charge on any atom is 0.144 e. The van der Waals surface area contributed by atoms with Crippen molar-refractivity contribution in [3.8, 4) is 0 Å². The third kappa shape index (κ3) is 3.45. The number of benzene rings is 2. The lowest BCUT2D eigenvalue weighted by molar-refractivity contribution is 0.793. The van der Waals surface area contributed by atoms with Gasteiger partial charge in [-0.05, 0) is 47.9 Å². The zero-order valence-electron chi connectivity index (χ0n) is 17.5. The summed E-state index contributed by atoms with van der Waals surface area (Å²) in [6, 6.07) is 21.1. The lowest BCUT2D eigenvalue weighted by atomic mass is 10.1. The van der Waals surface area contributed by atoms with E-state index in [9.17, 15) is 0 Å². The van der Waals surface area contributed by atoms with Crippen LogP contribution in [0.4, 0.5) is 11.6 Å². The van der Waals surface area contributed by atoms with Crippen LogP contribution in [0.1, 0.15) is 12.8 Å². The van der Waals surface area contributed by atoms with E-state index in [1.54, 1.807) is 22.7 Å². The first kappa shape index (κ1) is 19.5. The summed E-state index contributed by atoms with van der Waals surface area (Å²) < 4.78 is 2.48. The number of aromatic nitrogens is 2. The van der Waals surface area contributed by atoms with Crippen LogP contribution < -0.4 is 10.6 Å². The van der Waals surface area contributed by atoms with Gasteiger partial charge >= 0.3 is 0 Å². The quantitative estimate of drug-likeness (QED) is 0.245. The molecule has 6 heteroatoms. The third-order valence-corrected chi connectivity index (χ3v) is 7.64. The number of para-hydroxylation sites is 2. The Balaban J connectivity index is 1.11. The molecule has 2 aromatic carbocycles. The largest absolute Gasteiger partial charge is 0.369 e. The van der Waals surface area contributed by atoms with E-state index in [0.717, 1.165) is 48.6 Å². The van der Waals surface area contributed by atoms with Crippen molar-refractivity contribution in [1.29, 1.82) is 0 Å². The first-order chi connectivity index (χ1) is 15.9. The number of nitrogens with zero attached hydrogens (tertiary/aromatic N) is 2. The molecule has 6 rings (SSSR count). The van der Waals surface area contributed by atoms with Gasteiger partial charge in [0.15, 0.2) is 0 Å². The van der Waals surface area contributed by atoms with E-state index in [1.807, 2.05) is 12.1 Å². The van der Waals surface area contributed by atoms with Gasteiger partial charge in [-0.2, -0.15) is 0 Å². The van der Waals surface area contributed by atoms with E-state index in [2.05, 4.69) is 69.9 Å². The van der Waals surface area contributed by atoms with Crippen molar-refractivity contribution >= 4 is 76.3 Å². The van der Waals surface area contributed by atoms with Gasteiger partial charge in [0.25, 0.3) is 0 Å². The Morgan fingerprint density at radius 1 is 0.562 bits per heavy atom. The zero-order chi connectivity index (χ0) is 21.3. The summed E-state index contributed by atoms with van der Waals surface area (Å²) in [5, 5.41) is 16.5. The standard InChI is InChI=1S/C26H22N4S2/c1-3-9-21-17(7-1)19-11-15-31-23(19)25(29-21)27-13-5-6-14-28-26-24-20(12-16-32-24)18-8-2-4-10-22(18)30-26/h1-4,7-12,15-16H,5-6,13-14H2,(H,27,29)(H,28,30). The van der Waals surface area contributed by atoms with Gasteiger partial charge < -0.3 is 10.6 Å². The van der Waals surface area contributed by atoms with Gasteiger partial charge in [0.2, 0.25) is 0 Å². The summed E-state index contributed by atoms with van der Waals surface area (Å²) in [6.45, 7) is 1.80. The number of thiophene rings is 2. The fourth-order valence-corrected chi connectivity index (χ4v) is 6.00. The molecule has 4 aromatic heterocycles. The molecule has 4 nitrogen and oxygen atoms in total. The Morgan fingerprint density at radius 2 is 1.03 bits per heavy atom. The van der Waals surface area contributed by atoms with Crippen LogP contribution in [0.2, 0.25) is 0 Å². The number of unbranched alkanes of at least 4 members (excludes halogenated alkanes) is 1. The fraction of sp³-hybridized carbons (Fsp3) is 0.154. The average Bonchev–Trinajstić information content (AvgIpc) is 3.52. The Labute approximate surface area is 193 Å². The molecule has 0 amide bonds. The number of pyridine rings is 2. The lowest BCUT2D eigenvalue weighted by Gasteiger charge is -2.11. The molecule has 0 atom stereocenters. The summed E-state index contributed by atoms with van der Waals surface area (Å²) in [5.41, 5.74) is 2.09. The number of fused-ring (bicyclic) bond motifs is 6. The molecule has 0 radical (unpaired) electrons. The Hall–Kier alpha value is -3.22. The zero-order valence-corrected chi connectivity index (χ0v) is 19.1. The second kappa shape index (κ2) is 8.37. The summed E-state index contributed by atoms with van der Waals surface area (Å²) in [6.07, 6.45) is 2.13. The first-order valence-corrected chi connectivity index (χ1v) is 12.6. The van der Waals surface area contributed by atoms with Crippen LogP contribution in [-0.4, -0.2) is 23.1 Å². The molecular formula is C26H22N4S2. The summed E-state index contributed by atoms with van der Waals surface area (Å²) in [7, 11) is 0. The van der Waals surface area contributed by atoms with Crippen LogP contribution in [-0.2, 0) is 0 Å². The van der Waals surface area contributed by atoms with Crippen molar-refractivity contribution in [3.05, 3.63) is 71.4 Å². The Kier molecular flexibility index (Phi) is 5.09. The SMILES string of the molecule is c1ccc2c(c1)nc(NCCCCNc1nc3ccccc3c3ccsc13)c1sccc12. The van der Waals surface area contributed by atoms with Crippen LogP contribution in [0.15, 0.2) is 71.4 Å². The van der Waals surface area contributed by atoms with E-state index in [1.165, 1.54) is 30.9 Å². The van der Waals surface area contributed by atoms with Gasteiger partial charge in [-0.25, -0.2) is 9.97 Å². The van der Waals surface area contributed by atoms with Crippen molar-refractivity contribution in [2.45, 2.75) is 12.8 Å². The van der Waals surface area contributed by atoms with E-state index in [0.29, 0.717) is 0 Å². The minimum Gasteiger partial charge on any atom is -0.369 e. The van der Waals surface area contributed by atoms with Gasteiger partial charge in [0.1, 0.15) is 11.6 Å². The molecule has 0 aliphatic carbocycles. The van der Waals surface area contributed by atoms with Crippen molar-refractivity contribution in [2.75, 3.05) is 23.7 Å². The summed E-state index contributed by atoms with van der Waals surface area (Å²) in [4.78, 5) is 9.75. The molecule has 0 saturated carbocycles. The molecule has 0 unspecified atom stereocenters. The molecule has 0 aliphatic heterocycles. The van der Waals surface area contributed by atoms with Crippen LogP contribution in [0, 0.1) is 0 Å². The van der Waals surface area contributed by atoms with E-state index in [4.69, 9.17) is 9.97 Å². The topological polar surface area (TPSA) is 49.8 Å². The highest BCUT2D eigenvalue weighted by Gasteiger charge is 2.10. The van der Waals surface area contributed by atoms with Crippen LogP contribution in [0.3, 0.4) is 0 Å². The first-order valence-electron chi connectivity index (χ1n) is 10.9. The molecule has 0 saturated heterocycles. The second-order valence-corrected chi connectivity index (χ2v) is 9.67. The smallest absolute Gasteiger partial charge is 0.144 e. The number of nitrogens with one attached hydrogen (secondary N) is 2. The van der Waals surface area contributed by atoms with Crippen LogP contribution in [0.5, 0.6) is 0 Å². The molecule has 6 aromatic rings. The minimum absolute atomic E-state index is 0.902. The van der Waals surface area contributed by atoms with Gasteiger partial charge in [-0.1, -0.05) is 36.4 Å². The molecule has 0 spiro atoms. The number of rotatable bonds is 7. The summed E-state index contributed by atoms with van der Waals surface area (Å²) in [5.74, 6) is 2.00. The average molecular weight is 455 g/mol.